The molecule has 4 nitrogen and oxygen atoms in total. The van der Waals surface area contributed by atoms with Gasteiger partial charge in [0.1, 0.15) is 12.4 Å². The van der Waals surface area contributed by atoms with Crippen molar-refractivity contribution < 1.29 is 4.74 Å². The van der Waals surface area contributed by atoms with Crippen molar-refractivity contribution in [1.29, 1.82) is 0 Å². The monoisotopic (exact) mass is 275 g/mol. The molecule has 5 heteroatoms. The van der Waals surface area contributed by atoms with Crippen LogP contribution < -0.4 is 4.74 Å². The molecule has 2 heterocycles. The summed E-state index contributed by atoms with van der Waals surface area (Å²) >= 11 is 5.51. The van der Waals surface area contributed by atoms with Gasteiger partial charge in [0.05, 0.1) is 18.3 Å². The van der Waals surface area contributed by atoms with Gasteiger partial charge in [-0.2, -0.15) is 5.10 Å². The Labute approximate surface area is 117 Å². The average Bonchev–Trinajstić information content (AvgIpc) is 2.91. The van der Waals surface area contributed by atoms with Gasteiger partial charge in [-0.1, -0.05) is 11.8 Å². The van der Waals surface area contributed by atoms with E-state index in [9.17, 15) is 0 Å². The van der Waals surface area contributed by atoms with E-state index in [1.807, 2.05) is 23.9 Å². The van der Waals surface area contributed by atoms with E-state index in [0.717, 1.165) is 17.7 Å². The Morgan fingerprint density at radius 2 is 2.26 bits per heavy atom. The van der Waals surface area contributed by atoms with Crippen molar-refractivity contribution in [3.05, 3.63) is 42.0 Å². The molecule has 0 amide bonds. The van der Waals surface area contributed by atoms with Gasteiger partial charge >= 0.3 is 0 Å². The highest BCUT2D eigenvalue weighted by Gasteiger charge is 2.00. The van der Waals surface area contributed by atoms with E-state index >= 15 is 0 Å². The van der Waals surface area contributed by atoms with E-state index < -0.39 is 0 Å². The van der Waals surface area contributed by atoms with Crippen LogP contribution >= 0.6 is 11.6 Å². The van der Waals surface area contributed by atoms with E-state index in [1.54, 1.807) is 18.6 Å². The van der Waals surface area contributed by atoms with Crippen LogP contribution in [-0.4, -0.2) is 20.6 Å². The number of aromatic nitrogens is 3. The highest BCUT2D eigenvalue weighted by molar-refractivity contribution is 6.19. The molecule has 19 heavy (non-hydrogen) atoms. The molecule has 0 fully saturated rings. The molecule has 2 rings (SSSR count). The van der Waals surface area contributed by atoms with Gasteiger partial charge in [0, 0.05) is 30.1 Å². The second-order valence-corrected chi connectivity index (χ2v) is 4.10. The average molecular weight is 276 g/mol. The summed E-state index contributed by atoms with van der Waals surface area (Å²) in [5, 5.41) is 4.19. The minimum Gasteiger partial charge on any atom is -0.487 e. The van der Waals surface area contributed by atoms with Crippen LogP contribution in [0.4, 0.5) is 0 Å². The zero-order chi connectivity index (χ0) is 13.5. The molecule has 0 aliphatic carbocycles. The van der Waals surface area contributed by atoms with E-state index in [-0.39, 0.29) is 0 Å². The first-order valence-electron chi connectivity index (χ1n) is 5.96. The Bertz CT molecular complexity index is 598. The summed E-state index contributed by atoms with van der Waals surface area (Å²) in [5.41, 5.74) is 1.82. The normalized spacial score (nSPS) is 9.79. The number of pyridine rings is 1. The molecule has 0 aliphatic rings. The summed E-state index contributed by atoms with van der Waals surface area (Å²) in [6.45, 7) is 3.36. The van der Waals surface area contributed by atoms with Gasteiger partial charge in [-0.05, 0) is 13.0 Å². The summed E-state index contributed by atoms with van der Waals surface area (Å²) in [6, 6.07) is 1.84. The van der Waals surface area contributed by atoms with Crippen molar-refractivity contribution in [2.75, 3.05) is 5.88 Å². The Morgan fingerprint density at radius 1 is 1.37 bits per heavy atom. The molecule has 2 aromatic heterocycles. The highest BCUT2D eigenvalue weighted by atomic mass is 35.5. The summed E-state index contributed by atoms with van der Waals surface area (Å²) in [5.74, 6) is 6.68. The molecule has 98 valence electrons. The Balaban J connectivity index is 1.99. The molecule has 0 aromatic carbocycles. The van der Waals surface area contributed by atoms with Crippen LogP contribution in [0.3, 0.4) is 0 Å². The predicted molar refractivity (Wildman–Crippen MR) is 74.1 cm³/mol. The van der Waals surface area contributed by atoms with Crippen LogP contribution in [0.2, 0.25) is 0 Å². The van der Waals surface area contributed by atoms with E-state index in [4.69, 9.17) is 16.3 Å². The van der Waals surface area contributed by atoms with Crippen molar-refractivity contribution in [1.82, 2.24) is 14.8 Å². The molecule has 0 saturated heterocycles. The topological polar surface area (TPSA) is 39.9 Å². The quantitative estimate of drug-likeness (QED) is 0.636. The summed E-state index contributed by atoms with van der Waals surface area (Å²) in [7, 11) is 0. The molecule has 0 N–H and O–H groups in total. The lowest BCUT2D eigenvalue weighted by molar-refractivity contribution is 0.304. The maximum atomic E-state index is 5.65. The van der Waals surface area contributed by atoms with Gasteiger partial charge in [0.15, 0.2) is 0 Å². The second-order valence-electron chi connectivity index (χ2n) is 3.84. The summed E-state index contributed by atoms with van der Waals surface area (Å²) in [6.07, 6.45) is 7.11. The van der Waals surface area contributed by atoms with E-state index in [0.29, 0.717) is 18.2 Å². The van der Waals surface area contributed by atoms with Crippen LogP contribution in [0.15, 0.2) is 30.9 Å². The molecule has 0 aliphatic heterocycles. The van der Waals surface area contributed by atoms with Gasteiger partial charge in [0.25, 0.3) is 0 Å². The third kappa shape index (κ3) is 4.01. The van der Waals surface area contributed by atoms with Crippen molar-refractivity contribution in [3.8, 4) is 17.6 Å². The van der Waals surface area contributed by atoms with E-state index in [2.05, 4.69) is 21.9 Å². The zero-order valence-electron chi connectivity index (χ0n) is 10.6. The van der Waals surface area contributed by atoms with Gasteiger partial charge in [-0.3, -0.25) is 9.67 Å². The van der Waals surface area contributed by atoms with Crippen molar-refractivity contribution in [2.45, 2.75) is 20.1 Å². The maximum absolute atomic E-state index is 5.65. The number of ether oxygens (including phenoxy) is 1. The van der Waals surface area contributed by atoms with Crippen molar-refractivity contribution in [3.63, 3.8) is 0 Å². The zero-order valence-corrected chi connectivity index (χ0v) is 11.4. The van der Waals surface area contributed by atoms with Crippen LogP contribution in [0.1, 0.15) is 18.1 Å². The Kier molecular flexibility index (Phi) is 4.82. The third-order valence-corrected chi connectivity index (χ3v) is 2.56. The number of rotatable bonds is 4. The first kappa shape index (κ1) is 13.4. The molecule has 0 bridgehead atoms. The summed E-state index contributed by atoms with van der Waals surface area (Å²) in [4.78, 5) is 4.08. The SMILES string of the molecule is CCn1cc(COc2cncc(C#CCCl)c2)cn1. The molecule has 0 radical (unpaired) electrons. The number of hydrogen-bond donors (Lipinski definition) is 0. The number of halogens is 1. The fourth-order valence-electron chi connectivity index (χ4n) is 1.52. The molecule has 0 spiro atoms. The predicted octanol–water partition coefficient (Wildman–Crippen LogP) is 2.47. The minimum atomic E-state index is 0.307. The fraction of sp³-hybridized carbons (Fsp3) is 0.286. The molecule has 0 atom stereocenters. The first-order valence-corrected chi connectivity index (χ1v) is 6.49. The van der Waals surface area contributed by atoms with Crippen LogP contribution in [0.5, 0.6) is 5.75 Å². The van der Waals surface area contributed by atoms with Gasteiger partial charge in [-0.25, -0.2) is 0 Å². The maximum Gasteiger partial charge on any atom is 0.139 e. The minimum absolute atomic E-state index is 0.307. The smallest absolute Gasteiger partial charge is 0.139 e. The number of aryl methyl sites for hydroxylation is 1. The summed E-state index contributed by atoms with van der Waals surface area (Å²) < 4.78 is 7.51. The third-order valence-electron chi connectivity index (χ3n) is 2.43. The Morgan fingerprint density at radius 3 is 3.00 bits per heavy atom. The van der Waals surface area contributed by atoms with E-state index in [1.165, 1.54) is 0 Å². The fourth-order valence-corrected chi connectivity index (χ4v) is 1.59. The second kappa shape index (κ2) is 6.81. The molecular formula is C14H14ClN3O. The largest absolute Gasteiger partial charge is 0.487 e. The lowest BCUT2D eigenvalue weighted by atomic mass is 10.3. The molecular weight excluding hydrogens is 262 g/mol. The number of nitrogens with zero attached hydrogens (tertiary/aromatic N) is 3. The molecule has 0 unspecified atom stereocenters. The van der Waals surface area contributed by atoms with Gasteiger partial charge in [-0.15, -0.1) is 11.6 Å². The molecule has 2 aromatic rings. The first-order chi connectivity index (χ1) is 9.31. The standard InChI is InChI=1S/C14H14ClN3O/c1-2-18-10-13(8-17-18)11-19-14-6-12(4-3-5-15)7-16-9-14/h6-10H,2,5,11H2,1H3. The van der Waals surface area contributed by atoms with Crippen LogP contribution in [0.25, 0.3) is 0 Å². The van der Waals surface area contributed by atoms with Crippen molar-refractivity contribution in [2.24, 2.45) is 0 Å². The number of hydrogen-bond acceptors (Lipinski definition) is 3. The van der Waals surface area contributed by atoms with Crippen LogP contribution in [0, 0.1) is 11.8 Å². The lowest BCUT2D eigenvalue weighted by Gasteiger charge is -2.03. The van der Waals surface area contributed by atoms with Gasteiger partial charge in [0.2, 0.25) is 0 Å². The number of alkyl halides is 1. The van der Waals surface area contributed by atoms with Crippen LogP contribution in [-0.2, 0) is 13.2 Å². The van der Waals surface area contributed by atoms with Gasteiger partial charge < -0.3 is 4.74 Å². The molecule has 0 saturated carbocycles. The Hall–Kier alpha value is -1.99. The van der Waals surface area contributed by atoms with Crippen molar-refractivity contribution >= 4 is 11.6 Å². The highest BCUT2D eigenvalue weighted by Crippen LogP contribution is 2.12. The lowest BCUT2D eigenvalue weighted by Crippen LogP contribution is -1.96.